The first kappa shape index (κ1) is 20.9. The maximum Gasteiger partial charge on any atom is 0.243 e. The van der Waals surface area contributed by atoms with E-state index in [0.717, 1.165) is 5.56 Å². The molecular weight excluding hydrogens is 376 g/mol. The van der Waals surface area contributed by atoms with Gasteiger partial charge in [0.1, 0.15) is 5.75 Å². The maximum absolute atomic E-state index is 12.8. The number of nitrogens with one attached hydrogen (secondary N) is 1. The van der Waals surface area contributed by atoms with E-state index in [9.17, 15) is 21.6 Å². The Hall–Kier alpha value is -1.45. The zero-order valence-corrected chi connectivity index (χ0v) is 16.9. The quantitative estimate of drug-likeness (QED) is 0.769. The van der Waals surface area contributed by atoms with E-state index in [1.165, 1.54) is 11.4 Å². The van der Waals surface area contributed by atoms with E-state index in [2.05, 4.69) is 5.32 Å². The average molecular weight is 403 g/mol. The fourth-order valence-electron chi connectivity index (χ4n) is 2.98. The summed E-state index contributed by atoms with van der Waals surface area (Å²) in [6.45, 7) is 4.33. The highest BCUT2D eigenvalue weighted by Gasteiger charge is 2.35. The number of hydrogen-bond donors (Lipinski definition) is 1. The summed E-state index contributed by atoms with van der Waals surface area (Å²) >= 11 is 0. The summed E-state index contributed by atoms with van der Waals surface area (Å²) in [6.07, 6.45) is 0.394. The first-order valence-electron chi connectivity index (χ1n) is 8.60. The largest absolute Gasteiger partial charge is 0.358 e. The van der Waals surface area contributed by atoms with Crippen LogP contribution in [-0.2, 0) is 24.7 Å². The van der Waals surface area contributed by atoms with Crippen molar-refractivity contribution in [2.45, 2.75) is 42.8 Å². The fourth-order valence-corrected chi connectivity index (χ4v) is 6.12. The van der Waals surface area contributed by atoms with Crippen molar-refractivity contribution in [3.8, 4) is 0 Å². The molecule has 0 aliphatic carbocycles. The fraction of sp³-hybridized carbons (Fsp3) is 0.588. The highest BCUT2D eigenvalue weighted by Crippen LogP contribution is 2.25. The summed E-state index contributed by atoms with van der Waals surface area (Å²) < 4.78 is 51.4. The van der Waals surface area contributed by atoms with Crippen molar-refractivity contribution in [1.29, 1.82) is 0 Å². The van der Waals surface area contributed by atoms with Gasteiger partial charge in [0.15, 0.2) is 9.84 Å². The Morgan fingerprint density at radius 1 is 1.12 bits per heavy atom. The van der Waals surface area contributed by atoms with Crippen LogP contribution in [0.25, 0.3) is 0 Å². The average Bonchev–Trinajstić information content (AvgIpc) is 2.61. The number of benzene rings is 1. The molecule has 1 aliphatic rings. The van der Waals surface area contributed by atoms with Gasteiger partial charge in [-0.1, -0.05) is 26.0 Å². The number of carbonyl (C=O) groups excluding carboxylic acids is 1. The van der Waals surface area contributed by atoms with Gasteiger partial charge in [-0.25, -0.2) is 16.8 Å². The van der Waals surface area contributed by atoms with Crippen LogP contribution in [0.5, 0.6) is 0 Å². The molecule has 9 heteroatoms. The van der Waals surface area contributed by atoms with Crippen LogP contribution < -0.4 is 5.32 Å². The van der Waals surface area contributed by atoms with Crippen LogP contribution >= 0.6 is 0 Å². The SMILES string of the molecule is CNC(=O)CS(=O)(=O)C1CCN(S(=O)(=O)c2ccc(C(C)C)cc2)CC1. The molecule has 0 aromatic heterocycles. The zero-order valence-electron chi connectivity index (χ0n) is 15.3. The minimum atomic E-state index is -3.64. The topological polar surface area (TPSA) is 101 Å². The molecule has 1 aliphatic heterocycles. The predicted octanol–water partition coefficient (Wildman–Crippen LogP) is 1.12. The highest BCUT2D eigenvalue weighted by molar-refractivity contribution is 7.92. The molecule has 1 aromatic rings. The van der Waals surface area contributed by atoms with Crippen LogP contribution in [0.4, 0.5) is 0 Å². The molecule has 26 heavy (non-hydrogen) atoms. The summed E-state index contributed by atoms with van der Waals surface area (Å²) in [5, 5.41) is 1.62. The van der Waals surface area contributed by atoms with Crippen LogP contribution in [0.2, 0.25) is 0 Å². The molecule has 146 valence electrons. The molecule has 0 spiro atoms. The molecule has 0 atom stereocenters. The molecule has 1 N–H and O–H groups in total. The third-order valence-electron chi connectivity index (χ3n) is 4.70. The standard InChI is InChI=1S/C17H26N2O5S2/c1-13(2)14-4-6-16(7-5-14)26(23,24)19-10-8-15(9-11-19)25(21,22)12-17(20)18-3/h4-7,13,15H,8-12H2,1-3H3,(H,18,20). The number of amides is 1. The van der Waals surface area contributed by atoms with Gasteiger partial charge in [0, 0.05) is 20.1 Å². The molecule has 1 saturated heterocycles. The lowest BCUT2D eigenvalue weighted by atomic mass is 10.0. The summed E-state index contributed by atoms with van der Waals surface area (Å²) in [7, 11) is -5.83. The van der Waals surface area contributed by atoms with E-state index in [1.807, 2.05) is 13.8 Å². The van der Waals surface area contributed by atoms with Crippen LogP contribution in [-0.4, -0.2) is 58.2 Å². The first-order chi connectivity index (χ1) is 12.1. The normalized spacial score (nSPS) is 17.4. The minimum Gasteiger partial charge on any atom is -0.358 e. The lowest BCUT2D eigenvalue weighted by molar-refractivity contribution is -0.118. The number of piperidine rings is 1. The molecular formula is C17H26N2O5S2. The summed E-state index contributed by atoms with van der Waals surface area (Å²) in [4.78, 5) is 11.6. The second-order valence-electron chi connectivity index (χ2n) is 6.81. The maximum atomic E-state index is 12.8. The number of sulfonamides is 1. The van der Waals surface area contributed by atoms with E-state index in [1.54, 1.807) is 24.3 Å². The summed E-state index contributed by atoms with van der Waals surface area (Å²) in [5.41, 5.74) is 1.06. The van der Waals surface area contributed by atoms with Crippen LogP contribution in [0, 0.1) is 0 Å². The van der Waals surface area contributed by atoms with E-state index in [0.29, 0.717) is 5.92 Å². The summed E-state index contributed by atoms with van der Waals surface area (Å²) in [5.74, 6) is -0.796. The van der Waals surface area contributed by atoms with Crippen molar-refractivity contribution in [3.63, 3.8) is 0 Å². The smallest absolute Gasteiger partial charge is 0.243 e. The van der Waals surface area contributed by atoms with Gasteiger partial charge in [0.2, 0.25) is 15.9 Å². The Balaban J connectivity index is 2.07. The van der Waals surface area contributed by atoms with Gasteiger partial charge >= 0.3 is 0 Å². The van der Waals surface area contributed by atoms with Gasteiger partial charge in [0.05, 0.1) is 10.1 Å². The lowest BCUT2D eigenvalue weighted by Gasteiger charge is -2.30. The Morgan fingerprint density at radius 2 is 1.65 bits per heavy atom. The monoisotopic (exact) mass is 402 g/mol. The summed E-state index contributed by atoms with van der Waals surface area (Å²) in [6, 6.07) is 6.80. The lowest BCUT2D eigenvalue weighted by Crippen LogP contribution is -2.44. The predicted molar refractivity (Wildman–Crippen MR) is 100 cm³/mol. The van der Waals surface area contributed by atoms with Gasteiger partial charge < -0.3 is 5.32 Å². The van der Waals surface area contributed by atoms with Crippen molar-refractivity contribution in [2.24, 2.45) is 0 Å². The first-order valence-corrected chi connectivity index (χ1v) is 11.8. The third-order valence-corrected chi connectivity index (χ3v) is 8.77. The Labute approximate surface area is 155 Å². The minimum absolute atomic E-state index is 0.131. The number of nitrogens with zero attached hydrogens (tertiary/aromatic N) is 1. The van der Waals surface area contributed by atoms with Crippen molar-refractivity contribution in [2.75, 3.05) is 25.9 Å². The second-order valence-corrected chi connectivity index (χ2v) is 11.0. The molecule has 0 saturated carbocycles. The molecule has 0 bridgehead atoms. The molecule has 0 radical (unpaired) electrons. The zero-order chi connectivity index (χ0) is 19.5. The number of sulfone groups is 1. The molecule has 7 nitrogen and oxygen atoms in total. The Kier molecular flexibility index (Phi) is 6.46. The Bertz CT molecular complexity index is 838. The Morgan fingerprint density at radius 3 is 2.12 bits per heavy atom. The molecule has 2 rings (SSSR count). The van der Waals surface area contributed by atoms with Gasteiger partial charge in [-0.2, -0.15) is 4.31 Å². The van der Waals surface area contributed by atoms with Gasteiger partial charge in [-0.15, -0.1) is 0 Å². The van der Waals surface area contributed by atoms with Crippen molar-refractivity contribution >= 4 is 25.8 Å². The van der Waals surface area contributed by atoms with Crippen LogP contribution in [0.3, 0.4) is 0 Å². The van der Waals surface area contributed by atoms with Crippen molar-refractivity contribution in [3.05, 3.63) is 29.8 Å². The van der Waals surface area contributed by atoms with Gasteiger partial charge in [0.25, 0.3) is 0 Å². The molecule has 0 unspecified atom stereocenters. The highest BCUT2D eigenvalue weighted by atomic mass is 32.2. The van der Waals surface area contributed by atoms with Crippen LogP contribution in [0.1, 0.15) is 38.2 Å². The van der Waals surface area contributed by atoms with E-state index in [-0.39, 0.29) is 30.8 Å². The van der Waals surface area contributed by atoms with E-state index >= 15 is 0 Å². The van der Waals surface area contributed by atoms with Gasteiger partial charge in [-0.05, 0) is 36.5 Å². The number of hydrogen-bond acceptors (Lipinski definition) is 5. The van der Waals surface area contributed by atoms with Crippen LogP contribution in [0.15, 0.2) is 29.2 Å². The van der Waals surface area contributed by atoms with E-state index < -0.39 is 36.8 Å². The third kappa shape index (κ3) is 4.63. The second kappa shape index (κ2) is 8.06. The van der Waals surface area contributed by atoms with Crippen molar-refractivity contribution < 1.29 is 21.6 Å². The van der Waals surface area contributed by atoms with Crippen molar-refractivity contribution in [1.82, 2.24) is 9.62 Å². The number of rotatable bonds is 6. The molecule has 1 aromatic carbocycles. The molecule has 1 amide bonds. The van der Waals surface area contributed by atoms with E-state index in [4.69, 9.17) is 0 Å². The molecule has 1 heterocycles. The number of carbonyl (C=O) groups is 1. The molecule has 1 fully saturated rings. The van der Waals surface area contributed by atoms with Gasteiger partial charge in [-0.3, -0.25) is 4.79 Å².